The molecule has 0 radical (unpaired) electrons. The molecule has 0 aliphatic carbocycles. The lowest BCUT2D eigenvalue weighted by Gasteiger charge is -2.21. The number of halogens is 1. The molecule has 0 aromatic rings. The number of hydrogen-bond acceptors (Lipinski definition) is 0. The van der Waals surface area contributed by atoms with Crippen molar-refractivity contribution in [3.63, 3.8) is 0 Å². The van der Waals surface area contributed by atoms with Crippen molar-refractivity contribution >= 4 is 0 Å². The first kappa shape index (κ1) is 27.5. The predicted octanol–water partition coefficient (Wildman–Crippen LogP) is 3.57. The standard InChI is InChI=1S/C23H49N.ClH/c1-5-7-9-11-13-15-17-19-21-23(24(3)4)22-20-18-16-14-12-10-8-6-2;/h23H,5-22H2,1-4H3;1H. The smallest absolute Gasteiger partial charge is 0.0870 e. The average molecular weight is 376 g/mol. The summed E-state index contributed by atoms with van der Waals surface area (Å²) in [4.78, 5) is 1.68. The molecule has 0 saturated heterocycles. The first-order valence-electron chi connectivity index (χ1n) is 11.5. The Morgan fingerprint density at radius 3 is 1.04 bits per heavy atom. The van der Waals surface area contributed by atoms with Crippen molar-refractivity contribution in [2.24, 2.45) is 0 Å². The van der Waals surface area contributed by atoms with E-state index in [1.54, 1.807) is 4.90 Å². The highest BCUT2D eigenvalue weighted by atomic mass is 35.5. The van der Waals surface area contributed by atoms with E-state index in [1.807, 2.05) is 0 Å². The molecule has 25 heavy (non-hydrogen) atoms. The summed E-state index contributed by atoms with van der Waals surface area (Å²) in [6.07, 6.45) is 26.1. The first-order valence-corrected chi connectivity index (χ1v) is 11.5. The second-order valence-electron chi connectivity index (χ2n) is 8.30. The van der Waals surface area contributed by atoms with Gasteiger partial charge in [0.05, 0.1) is 20.1 Å². The van der Waals surface area contributed by atoms with Gasteiger partial charge in [0, 0.05) is 0 Å². The van der Waals surface area contributed by atoms with Gasteiger partial charge < -0.3 is 17.3 Å². The van der Waals surface area contributed by atoms with E-state index in [4.69, 9.17) is 0 Å². The Labute approximate surface area is 167 Å². The summed E-state index contributed by atoms with van der Waals surface area (Å²) in [5, 5.41) is 0. The number of rotatable bonds is 19. The van der Waals surface area contributed by atoms with Crippen LogP contribution >= 0.6 is 0 Å². The molecule has 0 heterocycles. The Hall–Kier alpha value is 0.250. The number of quaternary nitrogens is 1. The average Bonchev–Trinajstić information content (AvgIpc) is 2.57. The number of nitrogens with one attached hydrogen (secondary N) is 1. The molecule has 0 aliphatic rings. The molecular formula is C23H50ClN. The fourth-order valence-corrected chi connectivity index (χ4v) is 3.77. The van der Waals surface area contributed by atoms with Gasteiger partial charge in [-0.05, 0) is 25.7 Å². The zero-order valence-electron chi connectivity index (χ0n) is 18.2. The van der Waals surface area contributed by atoms with Gasteiger partial charge in [-0.15, -0.1) is 0 Å². The highest BCUT2D eigenvalue weighted by molar-refractivity contribution is 4.58. The Morgan fingerprint density at radius 2 is 0.760 bits per heavy atom. The second kappa shape index (κ2) is 22.3. The molecule has 0 aromatic heterocycles. The van der Waals surface area contributed by atoms with E-state index in [0.717, 1.165) is 6.04 Å². The van der Waals surface area contributed by atoms with Gasteiger partial charge in [0.2, 0.25) is 0 Å². The minimum Gasteiger partial charge on any atom is -1.00 e. The van der Waals surface area contributed by atoms with Gasteiger partial charge in [0.1, 0.15) is 0 Å². The minimum absolute atomic E-state index is 0. The van der Waals surface area contributed by atoms with Crippen LogP contribution in [0.15, 0.2) is 0 Å². The van der Waals surface area contributed by atoms with Gasteiger partial charge >= 0.3 is 0 Å². The van der Waals surface area contributed by atoms with Crippen LogP contribution in [0.4, 0.5) is 0 Å². The van der Waals surface area contributed by atoms with Crippen molar-refractivity contribution in [3.8, 4) is 0 Å². The fourth-order valence-electron chi connectivity index (χ4n) is 3.77. The normalized spacial score (nSPS) is 11.3. The largest absolute Gasteiger partial charge is 1.00 e. The monoisotopic (exact) mass is 375 g/mol. The maximum atomic E-state index is 2.36. The topological polar surface area (TPSA) is 4.44 Å². The summed E-state index contributed by atoms with van der Waals surface area (Å²) < 4.78 is 0. The van der Waals surface area contributed by atoms with Gasteiger partial charge in [0.25, 0.3) is 0 Å². The minimum atomic E-state index is 0. The van der Waals surface area contributed by atoms with Crippen molar-refractivity contribution < 1.29 is 17.3 Å². The lowest BCUT2D eigenvalue weighted by Crippen LogP contribution is -3.10. The summed E-state index contributed by atoms with van der Waals surface area (Å²) in [7, 11) is 4.72. The van der Waals surface area contributed by atoms with Crippen LogP contribution in [0, 0.1) is 0 Å². The molecule has 0 unspecified atom stereocenters. The molecule has 1 nitrogen and oxygen atoms in total. The SMILES string of the molecule is CCCCCCCCCCC(CCCCCCCCCC)[NH+](C)C.[Cl-]. The number of hydrogen-bond donors (Lipinski definition) is 1. The van der Waals surface area contributed by atoms with Crippen LogP contribution in [0.1, 0.15) is 129 Å². The Balaban J connectivity index is 0. The molecule has 2 heteroatoms. The highest BCUT2D eigenvalue weighted by Crippen LogP contribution is 2.14. The molecule has 1 N–H and O–H groups in total. The van der Waals surface area contributed by atoms with E-state index in [2.05, 4.69) is 27.9 Å². The van der Waals surface area contributed by atoms with Gasteiger partial charge in [0.15, 0.2) is 0 Å². The molecule has 0 aliphatic heterocycles. The highest BCUT2D eigenvalue weighted by Gasteiger charge is 2.13. The fraction of sp³-hybridized carbons (Fsp3) is 1.00. The third-order valence-electron chi connectivity index (χ3n) is 5.63. The summed E-state index contributed by atoms with van der Waals surface area (Å²) in [6, 6.07) is 0.908. The molecule has 0 rings (SSSR count). The van der Waals surface area contributed by atoms with E-state index >= 15 is 0 Å². The molecule has 0 spiro atoms. The van der Waals surface area contributed by atoms with E-state index in [0.29, 0.717) is 0 Å². The molecule has 0 amide bonds. The van der Waals surface area contributed by atoms with E-state index in [9.17, 15) is 0 Å². The van der Waals surface area contributed by atoms with Crippen LogP contribution in [0.2, 0.25) is 0 Å². The lowest BCUT2D eigenvalue weighted by atomic mass is 9.99. The zero-order valence-corrected chi connectivity index (χ0v) is 18.9. The third-order valence-corrected chi connectivity index (χ3v) is 5.63. The van der Waals surface area contributed by atoms with E-state index < -0.39 is 0 Å². The summed E-state index contributed by atoms with van der Waals surface area (Å²) >= 11 is 0. The van der Waals surface area contributed by atoms with Crippen molar-refractivity contribution in [2.75, 3.05) is 14.1 Å². The lowest BCUT2D eigenvalue weighted by molar-refractivity contribution is -0.886. The van der Waals surface area contributed by atoms with Crippen LogP contribution in [0.3, 0.4) is 0 Å². The van der Waals surface area contributed by atoms with Crippen molar-refractivity contribution in [1.29, 1.82) is 0 Å². The van der Waals surface area contributed by atoms with Crippen LogP contribution in [0.5, 0.6) is 0 Å². The predicted molar refractivity (Wildman–Crippen MR) is 111 cm³/mol. The molecular weight excluding hydrogens is 326 g/mol. The molecule has 0 saturated carbocycles. The maximum Gasteiger partial charge on any atom is 0.0870 e. The maximum absolute atomic E-state index is 2.36. The summed E-state index contributed by atoms with van der Waals surface area (Å²) in [5.41, 5.74) is 0. The van der Waals surface area contributed by atoms with Gasteiger partial charge in [-0.3, -0.25) is 0 Å². The first-order chi connectivity index (χ1) is 11.7. The van der Waals surface area contributed by atoms with Crippen molar-refractivity contribution in [1.82, 2.24) is 0 Å². The summed E-state index contributed by atoms with van der Waals surface area (Å²) in [5.74, 6) is 0. The summed E-state index contributed by atoms with van der Waals surface area (Å²) in [6.45, 7) is 4.60. The zero-order chi connectivity index (χ0) is 17.9. The van der Waals surface area contributed by atoms with Gasteiger partial charge in [-0.25, -0.2) is 0 Å². The van der Waals surface area contributed by atoms with Gasteiger partial charge in [-0.2, -0.15) is 0 Å². The van der Waals surface area contributed by atoms with Crippen LogP contribution in [-0.4, -0.2) is 20.1 Å². The molecule has 0 fully saturated rings. The van der Waals surface area contributed by atoms with E-state index in [-0.39, 0.29) is 12.4 Å². The van der Waals surface area contributed by atoms with Crippen molar-refractivity contribution in [3.05, 3.63) is 0 Å². The Morgan fingerprint density at radius 1 is 0.480 bits per heavy atom. The molecule has 0 bridgehead atoms. The van der Waals surface area contributed by atoms with Crippen LogP contribution in [-0.2, 0) is 0 Å². The van der Waals surface area contributed by atoms with Crippen LogP contribution in [0.25, 0.3) is 0 Å². The Bertz CT molecular complexity index is 210. The molecule has 0 atom stereocenters. The molecule has 154 valence electrons. The van der Waals surface area contributed by atoms with E-state index in [1.165, 1.54) is 116 Å². The third kappa shape index (κ3) is 20.4. The van der Waals surface area contributed by atoms with Crippen molar-refractivity contribution in [2.45, 2.75) is 135 Å². The molecule has 0 aromatic carbocycles. The second-order valence-corrected chi connectivity index (χ2v) is 8.30. The quantitative estimate of drug-likeness (QED) is 0.329. The van der Waals surface area contributed by atoms with Gasteiger partial charge in [-0.1, -0.05) is 104 Å². The Kier molecular flexibility index (Phi) is 24.5. The number of unbranched alkanes of at least 4 members (excludes halogenated alkanes) is 14. The van der Waals surface area contributed by atoms with Crippen LogP contribution < -0.4 is 17.3 Å².